The molecule has 0 atom stereocenters. The summed E-state index contributed by atoms with van der Waals surface area (Å²) in [6.07, 6.45) is 0. The van der Waals surface area contributed by atoms with E-state index in [4.69, 9.17) is 4.42 Å². The number of halogens is 3. The predicted molar refractivity (Wildman–Crippen MR) is 153 cm³/mol. The first-order valence-corrected chi connectivity index (χ1v) is 12.8. The number of nitrogens with zero attached hydrogens (tertiary/aromatic N) is 1. The van der Waals surface area contributed by atoms with Crippen molar-refractivity contribution in [2.45, 2.75) is 0 Å². The Morgan fingerprint density at radius 3 is 1.48 bits per heavy atom. The molecule has 0 aliphatic heterocycles. The van der Waals surface area contributed by atoms with Crippen LogP contribution >= 0.6 is 0 Å². The van der Waals surface area contributed by atoms with Gasteiger partial charge in [-0.05, 0) is 92.7 Å². The van der Waals surface area contributed by atoms with Crippen molar-refractivity contribution in [2.24, 2.45) is 0 Å². The van der Waals surface area contributed by atoms with Gasteiger partial charge in [0, 0.05) is 5.56 Å². The number of benzene rings is 6. The van der Waals surface area contributed by atoms with Gasteiger partial charge in [-0.25, -0.2) is 18.2 Å². The average molecular weight is 528 g/mol. The summed E-state index contributed by atoms with van der Waals surface area (Å²) in [6.45, 7) is 0. The molecule has 0 bridgehead atoms. The van der Waals surface area contributed by atoms with Gasteiger partial charge in [0.1, 0.15) is 5.52 Å². The summed E-state index contributed by atoms with van der Waals surface area (Å²) >= 11 is 0. The highest BCUT2D eigenvalue weighted by Gasteiger charge is 2.12. The van der Waals surface area contributed by atoms with Crippen LogP contribution in [0.2, 0.25) is 0 Å². The SMILES string of the molecule is Fc1cc(-c2ccc(-c3ccc4cc(-c5ccc(-c6nc7ccccc7o6)cc5)ccc4c3)cc2)cc(F)c1F. The first-order valence-electron chi connectivity index (χ1n) is 12.8. The molecule has 192 valence electrons. The summed E-state index contributed by atoms with van der Waals surface area (Å²) in [5, 5.41) is 2.20. The Morgan fingerprint density at radius 1 is 0.450 bits per heavy atom. The van der Waals surface area contributed by atoms with Crippen LogP contribution < -0.4 is 0 Å². The lowest BCUT2D eigenvalue weighted by Crippen LogP contribution is -1.91. The number of oxazole rings is 1. The molecule has 2 nitrogen and oxygen atoms in total. The molecular formula is C35H20F3NO. The third kappa shape index (κ3) is 4.31. The van der Waals surface area contributed by atoms with Crippen molar-refractivity contribution in [3.05, 3.63) is 139 Å². The van der Waals surface area contributed by atoms with Crippen LogP contribution in [0.25, 0.3) is 66.7 Å². The number of fused-ring (bicyclic) bond motifs is 2. The Balaban J connectivity index is 1.14. The van der Waals surface area contributed by atoms with Gasteiger partial charge in [-0.1, -0.05) is 72.8 Å². The van der Waals surface area contributed by atoms with Crippen LogP contribution in [-0.2, 0) is 0 Å². The molecule has 0 saturated carbocycles. The van der Waals surface area contributed by atoms with Crippen molar-refractivity contribution >= 4 is 21.9 Å². The van der Waals surface area contributed by atoms with Crippen molar-refractivity contribution in [1.82, 2.24) is 4.98 Å². The van der Waals surface area contributed by atoms with Gasteiger partial charge < -0.3 is 4.42 Å². The van der Waals surface area contributed by atoms with Crippen LogP contribution in [0, 0.1) is 17.5 Å². The lowest BCUT2D eigenvalue weighted by molar-refractivity contribution is 0.448. The second-order valence-corrected chi connectivity index (χ2v) is 9.67. The van der Waals surface area contributed by atoms with Gasteiger partial charge in [0.05, 0.1) is 0 Å². The minimum absolute atomic E-state index is 0.288. The minimum Gasteiger partial charge on any atom is -0.436 e. The van der Waals surface area contributed by atoms with Crippen LogP contribution in [0.3, 0.4) is 0 Å². The molecular weight excluding hydrogens is 507 g/mol. The maximum Gasteiger partial charge on any atom is 0.227 e. The Morgan fingerprint density at radius 2 is 0.925 bits per heavy atom. The molecule has 0 radical (unpaired) electrons. The largest absolute Gasteiger partial charge is 0.436 e. The molecule has 0 fully saturated rings. The smallest absolute Gasteiger partial charge is 0.227 e. The quantitative estimate of drug-likeness (QED) is 0.213. The molecule has 0 saturated heterocycles. The fraction of sp³-hybridized carbons (Fsp3) is 0. The van der Waals surface area contributed by atoms with Crippen LogP contribution in [0.5, 0.6) is 0 Å². The zero-order valence-corrected chi connectivity index (χ0v) is 21.0. The van der Waals surface area contributed by atoms with Crippen molar-refractivity contribution in [3.8, 4) is 44.8 Å². The molecule has 7 rings (SSSR count). The molecule has 1 aromatic heterocycles. The fourth-order valence-electron chi connectivity index (χ4n) is 4.98. The highest BCUT2D eigenvalue weighted by molar-refractivity contribution is 5.91. The Labute approximate surface area is 228 Å². The molecule has 0 amide bonds. The van der Waals surface area contributed by atoms with Gasteiger partial charge in [0.15, 0.2) is 23.0 Å². The molecule has 0 N–H and O–H groups in total. The zero-order valence-electron chi connectivity index (χ0n) is 21.0. The lowest BCUT2D eigenvalue weighted by Gasteiger charge is -2.09. The van der Waals surface area contributed by atoms with E-state index in [0.29, 0.717) is 11.5 Å². The maximum absolute atomic E-state index is 13.7. The monoisotopic (exact) mass is 527 g/mol. The van der Waals surface area contributed by atoms with Crippen molar-refractivity contribution in [1.29, 1.82) is 0 Å². The molecule has 40 heavy (non-hydrogen) atoms. The molecule has 5 heteroatoms. The van der Waals surface area contributed by atoms with E-state index in [-0.39, 0.29) is 5.56 Å². The van der Waals surface area contributed by atoms with Gasteiger partial charge in [-0.15, -0.1) is 0 Å². The Bertz CT molecular complexity index is 1970. The summed E-state index contributed by atoms with van der Waals surface area (Å²) in [5.74, 6) is -3.26. The summed E-state index contributed by atoms with van der Waals surface area (Å²) in [5.41, 5.74) is 7.60. The summed E-state index contributed by atoms with van der Waals surface area (Å²) in [6, 6.07) is 37.8. The van der Waals surface area contributed by atoms with Gasteiger partial charge in [-0.3, -0.25) is 0 Å². The van der Waals surface area contributed by atoms with E-state index < -0.39 is 17.5 Å². The molecule has 7 aromatic rings. The molecule has 0 aliphatic carbocycles. The van der Waals surface area contributed by atoms with E-state index in [9.17, 15) is 13.2 Å². The number of hydrogen-bond donors (Lipinski definition) is 0. The van der Waals surface area contributed by atoms with Gasteiger partial charge >= 0.3 is 0 Å². The number of para-hydroxylation sites is 2. The first kappa shape index (κ1) is 23.9. The van der Waals surface area contributed by atoms with Gasteiger partial charge in [0.2, 0.25) is 5.89 Å². The van der Waals surface area contributed by atoms with E-state index >= 15 is 0 Å². The molecule has 0 aliphatic rings. The highest BCUT2D eigenvalue weighted by Crippen LogP contribution is 2.32. The van der Waals surface area contributed by atoms with E-state index in [2.05, 4.69) is 53.5 Å². The van der Waals surface area contributed by atoms with Crippen molar-refractivity contribution < 1.29 is 17.6 Å². The van der Waals surface area contributed by atoms with Crippen LogP contribution in [-0.4, -0.2) is 4.98 Å². The second kappa shape index (κ2) is 9.54. The third-order valence-electron chi connectivity index (χ3n) is 7.13. The molecule has 6 aromatic carbocycles. The summed E-state index contributed by atoms with van der Waals surface area (Å²) in [4.78, 5) is 4.58. The van der Waals surface area contributed by atoms with E-state index in [1.54, 1.807) is 12.1 Å². The second-order valence-electron chi connectivity index (χ2n) is 9.67. The predicted octanol–water partition coefficient (Wildman–Crippen LogP) is 10.1. The van der Waals surface area contributed by atoms with Crippen molar-refractivity contribution in [2.75, 3.05) is 0 Å². The van der Waals surface area contributed by atoms with E-state index in [1.807, 2.05) is 48.5 Å². The first-order chi connectivity index (χ1) is 19.5. The zero-order chi connectivity index (χ0) is 27.2. The standard InChI is InChI=1S/C35H20F3NO/c36-30-19-29(20-31(37)34(30)38)23-7-5-21(6-8-23)25-13-15-28-18-26(14-16-27(28)17-25)22-9-11-24(12-10-22)35-39-32-3-1-2-4-33(32)40-35/h1-20H. The fourth-order valence-corrected chi connectivity index (χ4v) is 4.98. The lowest BCUT2D eigenvalue weighted by atomic mass is 9.96. The topological polar surface area (TPSA) is 26.0 Å². The van der Waals surface area contributed by atoms with Gasteiger partial charge in [0.25, 0.3) is 0 Å². The summed E-state index contributed by atoms with van der Waals surface area (Å²) in [7, 11) is 0. The van der Waals surface area contributed by atoms with Crippen molar-refractivity contribution in [3.63, 3.8) is 0 Å². The molecule has 1 heterocycles. The normalized spacial score (nSPS) is 11.4. The Kier molecular flexibility index (Phi) is 5.71. The molecule has 0 spiro atoms. The number of hydrogen-bond acceptors (Lipinski definition) is 2. The minimum atomic E-state index is -1.46. The van der Waals surface area contributed by atoms with Crippen LogP contribution in [0.4, 0.5) is 13.2 Å². The maximum atomic E-state index is 13.7. The van der Waals surface area contributed by atoms with Crippen LogP contribution in [0.15, 0.2) is 126 Å². The van der Waals surface area contributed by atoms with E-state index in [1.165, 1.54) is 0 Å². The summed E-state index contributed by atoms with van der Waals surface area (Å²) < 4.78 is 46.5. The van der Waals surface area contributed by atoms with E-state index in [0.717, 1.165) is 61.8 Å². The van der Waals surface area contributed by atoms with Crippen LogP contribution in [0.1, 0.15) is 0 Å². The Hall–Kier alpha value is -5.16. The highest BCUT2D eigenvalue weighted by atomic mass is 19.2. The average Bonchev–Trinajstić information content (AvgIpc) is 3.44. The molecule has 0 unspecified atom stereocenters. The van der Waals surface area contributed by atoms with Gasteiger partial charge in [-0.2, -0.15) is 0 Å². The number of rotatable bonds is 4. The third-order valence-corrected chi connectivity index (χ3v) is 7.13. The number of aromatic nitrogens is 1.